The van der Waals surface area contributed by atoms with Crippen LogP contribution in [0.15, 0.2) is 34.2 Å². The van der Waals surface area contributed by atoms with E-state index in [0.717, 1.165) is 49.8 Å². The molecule has 3 fully saturated rings. The number of piperidine rings is 1. The fourth-order valence-corrected chi connectivity index (χ4v) is 5.08. The smallest absolute Gasteiger partial charge is 0.286 e. The van der Waals surface area contributed by atoms with Crippen LogP contribution in [0.1, 0.15) is 18.4 Å². The highest BCUT2D eigenvalue weighted by Crippen LogP contribution is 2.34. The van der Waals surface area contributed by atoms with Crippen LogP contribution in [0.2, 0.25) is 0 Å². The number of benzene rings is 1. The Hall–Kier alpha value is -1.87. The van der Waals surface area contributed by atoms with Crippen molar-refractivity contribution in [3.63, 3.8) is 0 Å². The third-order valence-corrected chi connectivity index (χ3v) is 6.83. The number of nitrogens with zero attached hydrogens (tertiary/aromatic N) is 3. The molecule has 1 amide bonds. The van der Waals surface area contributed by atoms with Crippen molar-refractivity contribution < 1.29 is 19.0 Å². The first-order valence-electron chi connectivity index (χ1n) is 10.2. The van der Waals surface area contributed by atoms with Crippen LogP contribution >= 0.6 is 11.8 Å². The van der Waals surface area contributed by atoms with Gasteiger partial charge in [-0.25, -0.2) is 0 Å². The fraction of sp³-hybridized carbons (Fsp3) is 0.524. The summed E-state index contributed by atoms with van der Waals surface area (Å²) in [5.41, 5.74) is 2.20. The van der Waals surface area contributed by atoms with Crippen molar-refractivity contribution >= 4 is 34.6 Å². The van der Waals surface area contributed by atoms with Gasteiger partial charge in [-0.1, -0.05) is 12.1 Å². The van der Waals surface area contributed by atoms with Gasteiger partial charge in [-0.2, -0.15) is 4.99 Å². The van der Waals surface area contributed by atoms with Crippen molar-refractivity contribution in [2.45, 2.75) is 18.6 Å². The Kier molecular flexibility index (Phi) is 5.34. The summed E-state index contributed by atoms with van der Waals surface area (Å²) in [5, 5.41) is 0.791. The lowest BCUT2D eigenvalue weighted by atomic mass is 10.0. The topological polar surface area (TPSA) is 63.6 Å². The molecular weight excluding hydrogens is 390 g/mol. The number of aliphatic imine (C=N–C) groups is 1. The largest absolute Gasteiger partial charge is 0.378 e. The maximum absolute atomic E-state index is 12.3. The molecule has 8 heteroatoms. The van der Waals surface area contributed by atoms with E-state index in [0.29, 0.717) is 31.3 Å². The SMILES string of the molecule is O=C1N=C(N2CCOCC2)S/C1=C\c1ccc(N2CCC3(CC2)OCCO3)cc1. The lowest BCUT2D eigenvalue weighted by Crippen LogP contribution is -2.45. The van der Waals surface area contributed by atoms with Crippen LogP contribution in [0, 0.1) is 0 Å². The molecule has 1 aromatic rings. The molecule has 4 heterocycles. The summed E-state index contributed by atoms with van der Waals surface area (Å²) in [6.45, 7) is 6.20. The van der Waals surface area contributed by atoms with E-state index in [2.05, 4.69) is 39.1 Å². The Bertz CT molecular complexity index is 817. The summed E-state index contributed by atoms with van der Waals surface area (Å²) in [4.78, 5) is 21.7. The standard InChI is InChI=1S/C21H25N3O4S/c25-19-18(29-20(22-19)24-9-11-26-12-10-24)15-16-1-3-17(4-2-16)23-7-5-21(6-8-23)27-13-14-28-21/h1-4,15H,5-14H2/b18-15-. The number of anilines is 1. The maximum Gasteiger partial charge on any atom is 0.286 e. The lowest BCUT2D eigenvalue weighted by Gasteiger charge is -2.38. The molecule has 4 aliphatic rings. The minimum absolute atomic E-state index is 0.154. The highest BCUT2D eigenvalue weighted by Gasteiger charge is 2.39. The molecule has 0 atom stereocenters. The van der Waals surface area contributed by atoms with Gasteiger partial charge in [-0.3, -0.25) is 4.79 Å². The van der Waals surface area contributed by atoms with E-state index >= 15 is 0 Å². The minimum Gasteiger partial charge on any atom is -0.378 e. The van der Waals surface area contributed by atoms with Gasteiger partial charge in [0, 0.05) is 44.7 Å². The summed E-state index contributed by atoms with van der Waals surface area (Å²) < 4.78 is 17.0. The van der Waals surface area contributed by atoms with Gasteiger partial charge in [0.15, 0.2) is 11.0 Å². The van der Waals surface area contributed by atoms with Gasteiger partial charge < -0.3 is 24.0 Å². The maximum atomic E-state index is 12.3. The second-order valence-electron chi connectivity index (χ2n) is 7.60. The highest BCUT2D eigenvalue weighted by molar-refractivity contribution is 8.18. The summed E-state index contributed by atoms with van der Waals surface area (Å²) in [6, 6.07) is 8.37. The third-order valence-electron chi connectivity index (χ3n) is 5.79. The van der Waals surface area contributed by atoms with E-state index in [4.69, 9.17) is 14.2 Å². The Balaban J connectivity index is 1.21. The number of ether oxygens (including phenoxy) is 3. The normalized spacial score (nSPS) is 25.9. The predicted octanol–water partition coefficient (Wildman–Crippen LogP) is 2.33. The number of hydrogen-bond acceptors (Lipinski definition) is 7. The first-order chi connectivity index (χ1) is 14.2. The van der Waals surface area contributed by atoms with E-state index in [1.165, 1.54) is 17.4 Å². The molecule has 29 heavy (non-hydrogen) atoms. The molecule has 0 aromatic heterocycles. The first-order valence-corrected chi connectivity index (χ1v) is 11.0. The molecule has 3 saturated heterocycles. The molecule has 154 valence electrons. The molecule has 0 bridgehead atoms. The van der Waals surface area contributed by atoms with Gasteiger partial charge in [-0.05, 0) is 35.5 Å². The van der Waals surface area contributed by atoms with E-state index in [1.54, 1.807) is 0 Å². The van der Waals surface area contributed by atoms with Crippen LogP contribution in [0.3, 0.4) is 0 Å². The quantitative estimate of drug-likeness (QED) is 0.687. The molecule has 7 nitrogen and oxygen atoms in total. The molecule has 1 aromatic carbocycles. The summed E-state index contributed by atoms with van der Waals surface area (Å²) in [6.07, 6.45) is 3.72. The van der Waals surface area contributed by atoms with Crippen molar-refractivity contribution in [3.05, 3.63) is 34.7 Å². The van der Waals surface area contributed by atoms with Crippen molar-refractivity contribution in [1.29, 1.82) is 0 Å². The van der Waals surface area contributed by atoms with Crippen molar-refractivity contribution in [1.82, 2.24) is 4.90 Å². The molecular formula is C21H25N3O4S. The fourth-order valence-electron chi connectivity index (χ4n) is 4.11. The average Bonchev–Trinajstić information content (AvgIpc) is 3.37. The molecule has 0 saturated carbocycles. The van der Waals surface area contributed by atoms with Gasteiger partial charge in [0.1, 0.15) is 0 Å². The van der Waals surface area contributed by atoms with Crippen LogP contribution in [0.25, 0.3) is 6.08 Å². The number of carbonyl (C=O) groups is 1. The molecule has 1 spiro atoms. The van der Waals surface area contributed by atoms with Gasteiger partial charge in [0.05, 0.1) is 31.3 Å². The number of morpholine rings is 1. The highest BCUT2D eigenvalue weighted by atomic mass is 32.2. The van der Waals surface area contributed by atoms with Crippen molar-refractivity contribution in [2.75, 3.05) is 57.5 Å². The number of amides is 1. The van der Waals surface area contributed by atoms with Gasteiger partial charge in [0.25, 0.3) is 5.91 Å². The van der Waals surface area contributed by atoms with Crippen LogP contribution in [-0.2, 0) is 19.0 Å². The molecule has 0 radical (unpaired) electrons. The zero-order chi connectivity index (χ0) is 19.7. The van der Waals surface area contributed by atoms with E-state index in [-0.39, 0.29) is 11.7 Å². The van der Waals surface area contributed by atoms with Gasteiger partial charge in [-0.15, -0.1) is 0 Å². The Morgan fingerprint density at radius 2 is 1.62 bits per heavy atom. The van der Waals surface area contributed by atoms with Gasteiger partial charge >= 0.3 is 0 Å². The molecule has 0 aliphatic carbocycles. The second kappa shape index (κ2) is 8.10. The van der Waals surface area contributed by atoms with E-state index < -0.39 is 0 Å². The number of carbonyl (C=O) groups excluding carboxylic acids is 1. The van der Waals surface area contributed by atoms with Gasteiger partial charge in [0.2, 0.25) is 0 Å². The molecule has 0 N–H and O–H groups in total. The predicted molar refractivity (Wildman–Crippen MR) is 113 cm³/mol. The number of amidine groups is 1. The average molecular weight is 416 g/mol. The summed E-state index contributed by atoms with van der Waals surface area (Å²) in [5.74, 6) is -0.502. The molecule has 4 aliphatic heterocycles. The van der Waals surface area contributed by atoms with Crippen molar-refractivity contribution in [2.24, 2.45) is 4.99 Å². The summed E-state index contributed by atoms with van der Waals surface area (Å²) >= 11 is 1.46. The van der Waals surface area contributed by atoms with Crippen LogP contribution in [0.5, 0.6) is 0 Å². The molecule has 0 unspecified atom stereocenters. The van der Waals surface area contributed by atoms with Crippen LogP contribution in [-0.4, -0.2) is 74.4 Å². The minimum atomic E-state index is -0.348. The van der Waals surface area contributed by atoms with Crippen LogP contribution in [0.4, 0.5) is 5.69 Å². The summed E-state index contributed by atoms with van der Waals surface area (Å²) in [7, 11) is 0. The number of rotatable bonds is 2. The van der Waals surface area contributed by atoms with Crippen LogP contribution < -0.4 is 4.90 Å². The van der Waals surface area contributed by atoms with Crippen molar-refractivity contribution in [3.8, 4) is 0 Å². The number of hydrogen-bond donors (Lipinski definition) is 0. The monoisotopic (exact) mass is 415 g/mol. The third kappa shape index (κ3) is 4.07. The number of thioether (sulfide) groups is 1. The Labute approximate surface area is 174 Å². The molecule has 5 rings (SSSR count). The lowest BCUT2D eigenvalue weighted by molar-refractivity contribution is -0.169. The zero-order valence-electron chi connectivity index (χ0n) is 16.3. The Morgan fingerprint density at radius 1 is 0.931 bits per heavy atom. The van der Waals surface area contributed by atoms with E-state index in [1.807, 2.05) is 6.08 Å². The zero-order valence-corrected chi connectivity index (χ0v) is 17.2. The first kappa shape index (κ1) is 19.1. The van der Waals surface area contributed by atoms with E-state index in [9.17, 15) is 4.79 Å². The second-order valence-corrected chi connectivity index (χ2v) is 8.60. The Morgan fingerprint density at radius 3 is 2.31 bits per heavy atom.